The Hall–Kier alpha value is -6.48. The van der Waals surface area contributed by atoms with E-state index in [0.717, 1.165) is 11.4 Å². The third-order valence-electron chi connectivity index (χ3n) is 10.2. The lowest BCUT2D eigenvalue weighted by atomic mass is 9.93. The first-order chi connectivity index (χ1) is 25.8. The summed E-state index contributed by atoms with van der Waals surface area (Å²) in [5.41, 5.74) is 10.7. The molecule has 2 heteroatoms. The Morgan fingerprint density at radius 3 is 1.79 bits per heavy atom. The van der Waals surface area contributed by atoms with Gasteiger partial charge >= 0.3 is 0 Å². The van der Waals surface area contributed by atoms with Gasteiger partial charge in [-0.15, -0.1) is 11.3 Å². The molecule has 10 rings (SSSR count). The van der Waals surface area contributed by atoms with Gasteiger partial charge in [0.1, 0.15) is 0 Å². The zero-order chi connectivity index (χ0) is 34.4. The lowest BCUT2D eigenvalue weighted by Gasteiger charge is -2.27. The van der Waals surface area contributed by atoms with Gasteiger partial charge in [0.2, 0.25) is 0 Å². The van der Waals surface area contributed by atoms with Gasteiger partial charge in [-0.3, -0.25) is 0 Å². The van der Waals surface area contributed by atoms with Crippen LogP contribution in [-0.2, 0) is 0 Å². The van der Waals surface area contributed by atoms with Crippen LogP contribution in [-0.4, -0.2) is 0 Å². The van der Waals surface area contributed by atoms with Crippen molar-refractivity contribution in [3.8, 4) is 33.4 Å². The van der Waals surface area contributed by atoms with E-state index in [1.54, 1.807) is 0 Å². The maximum absolute atomic E-state index is 2.44. The van der Waals surface area contributed by atoms with Crippen LogP contribution in [0.3, 0.4) is 0 Å². The van der Waals surface area contributed by atoms with Gasteiger partial charge in [0.15, 0.2) is 0 Å². The molecular formula is C50H33NS. The van der Waals surface area contributed by atoms with E-state index in [1.165, 1.54) is 80.8 Å². The van der Waals surface area contributed by atoms with Crippen LogP contribution in [0.2, 0.25) is 0 Å². The van der Waals surface area contributed by atoms with Gasteiger partial charge in [0.25, 0.3) is 0 Å². The minimum atomic E-state index is 1.12. The molecule has 0 aliphatic carbocycles. The molecule has 0 amide bonds. The molecule has 52 heavy (non-hydrogen) atoms. The molecule has 0 aliphatic rings. The number of nitrogens with zero attached hydrogens (tertiary/aromatic N) is 1. The van der Waals surface area contributed by atoms with E-state index in [0.29, 0.717) is 0 Å². The smallest absolute Gasteiger partial charge is 0.0640 e. The molecule has 1 aromatic heterocycles. The predicted molar refractivity (Wildman–Crippen MR) is 225 cm³/mol. The van der Waals surface area contributed by atoms with Crippen LogP contribution in [0.25, 0.3) is 75.1 Å². The molecule has 0 unspecified atom stereocenters. The van der Waals surface area contributed by atoms with Crippen molar-refractivity contribution < 1.29 is 0 Å². The summed E-state index contributed by atoms with van der Waals surface area (Å²) in [6.45, 7) is 0. The minimum absolute atomic E-state index is 1.12. The molecule has 0 saturated carbocycles. The van der Waals surface area contributed by atoms with Crippen molar-refractivity contribution in [2.24, 2.45) is 0 Å². The second-order valence-corrected chi connectivity index (χ2v) is 14.4. The zero-order valence-corrected chi connectivity index (χ0v) is 29.2. The Bertz CT molecular complexity index is 2900. The highest BCUT2D eigenvalue weighted by atomic mass is 32.1. The predicted octanol–water partition coefficient (Wildman–Crippen LogP) is 14.8. The van der Waals surface area contributed by atoms with Crippen LogP contribution >= 0.6 is 11.3 Å². The molecule has 10 aromatic rings. The SMILES string of the molecule is c1ccc(-c2cc(-c3cccc(N(c4ccc(-c5cccc6ccccc56)cc4)c4cccc5c4sc4ccccc45)c3)cc3ccccc23)cc1. The number of hydrogen-bond donors (Lipinski definition) is 0. The average molecular weight is 680 g/mol. The monoisotopic (exact) mass is 679 g/mol. The minimum Gasteiger partial charge on any atom is -0.309 e. The summed E-state index contributed by atoms with van der Waals surface area (Å²) in [4.78, 5) is 2.44. The maximum atomic E-state index is 2.44. The molecule has 0 bridgehead atoms. The molecule has 0 saturated heterocycles. The summed E-state index contributed by atoms with van der Waals surface area (Å²) >= 11 is 1.87. The third-order valence-corrected chi connectivity index (χ3v) is 11.4. The molecule has 0 spiro atoms. The highest BCUT2D eigenvalue weighted by Gasteiger charge is 2.19. The highest BCUT2D eigenvalue weighted by Crippen LogP contribution is 2.46. The first-order valence-electron chi connectivity index (χ1n) is 17.8. The van der Waals surface area contributed by atoms with Crippen molar-refractivity contribution in [3.63, 3.8) is 0 Å². The molecule has 0 fully saturated rings. The molecule has 0 N–H and O–H groups in total. The van der Waals surface area contributed by atoms with E-state index >= 15 is 0 Å². The van der Waals surface area contributed by atoms with Gasteiger partial charge in [0, 0.05) is 26.8 Å². The van der Waals surface area contributed by atoms with E-state index < -0.39 is 0 Å². The summed E-state index contributed by atoms with van der Waals surface area (Å²) in [6.07, 6.45) is 0. The summed E-state index contributed by atoms with van der Waals surface area (Å²) < 4.78 is 2.58. The largest absolute Gasteiger partial charge is 0.309 e. The Morgan fingerprint density at radius 1 is 0.327 bits per heavy atom. The fourth-order valence-corrected chi connectivity index (χ4v) is 8.97. The van der Waals surface area contributed by atoms with Gasteiger partial charge < -0.3 is 4.90 Å². The van der Waals surface area contributed by atoms with Gasteiger partial charge in [0.05, 0.1) is 10.4 Å². The molecular weight excluding hydrogens is 647 g/mol. The van der Waals surface area contributed by atoms with Gasteiger partial charge in [-0.2, -0.15) is 0 Å². The van der Waals surface area contributed by atoms with E-state index in [2.05, 4.69) is 205 Å². The molecule has 1 nitrogen and oxygen atoms in total. The summed E-state index contributed by atoms with van der Waals surface area (Å²) in [5.74, 6) is 0. The summed E-state index contributed by atoms with van der Waals surface area (Å²) in [6, 6.07) is 73.0. The molecule has 1 heterocycles. The molecule has 0 aliphatic heterocycles. The summed E-state index contributed by atoms with van der Waals surface area (Å²) in [5, 5.41) is 7.60. The number of anilines is 3. The number of thiophene rings is 1. The van der Waals surface area contributed by atoms with Crippen molar-refractivity contribution in [2.45, 2.75) is 0 Å². The van der Waals surface area contributed by atoms with Crippen LogP contribution in [0.1, 0.15) is 0 Å². The van der Waals surface area contributed by atoms with Crippen LogP contribution in [0.4, 0.5) is 17.1 Å². The van der Waals surface area contributed by atoms with Crippen molar-refractivity contribution in [2.75, 3.05) is 4.90 Å². The van der Waals surface area contributed by atoms with Gasteiger partial charge in [-0.1, -0.05) is 152 Å². The Kier molecular flexibility index (Phi) is 7.41. The van der Waals surface area contributed by atoms with E-state index in [9.17, 15) is 0 Å². The second kappa shape index (κ2) is 12.7. The normalized spacial score (nSPS) is 11.5. The lowest BCUT2D eigenvalue weighted by Crippen LogP contribution is -2.10. The zero-order valence-electron chi connectivity index (χ0n) is 28.4. The number of hydrogen-bond acceptors (Lipinski definition) is 2. The lowest BCUT2D eigenvalue weighted by molar-refractivity contribution is 1.30. The molecule has 0 radical (unpaired) electrons. The number of rotatable bonds is 6. The molecule has 0 atom stereocenters. The van der Waals surface area contributed by atoms with Crippen molar-refractivity contribution in [1.82, 2.24) is 0 Å². The van der Waals surface area contributed by atoms with E-state index in [-0.39, 0.29) is 0 Å². The first kappa shape index (κ1) is 30.4. The fourth-order valence-electron chi connectivity index (χ4n) is 7.76. The van der Waals surface area contributed by atoms with Crippen molar-refractivity contribution >= 4 is 70.1 Å². The topological polar surface area (TPSA) is 3.24 Å². The summed E-state index contributed by atoms with van der Waals surface area (Å²) in [7, 11) is 0. The number of fused-ring (bicyclic) bond motifs is 5. The third kappa shape index (κ3) is 5.24. The Morgan fingerprint density at radius 2 is 0.942 bits per heavy atom. The quantitative estimate of drug-likeness (QED) is 0.169. The molecule has 244 valence electrons. The highest BCUT2D eigenvalue weighted by molar-refractivity contribution is 7.26. The van der Waals surface area contributed by atoms with E-state index in [1.807, 2.05) is 11.3 Å². The average Bonchev–Trinajstić information content (AvgIpc) is 3.61. The fraction of sp³-hybridized carbons (Fsp3) is 0. The van der Waals surface area contributed by atoms with Crippen molar-refractivity contribution in [1.29, 1.82) is 0 Å². The molecule has 9 aromatic carbocycles. The Balaban J connectivity index is 1.15. The van der Waals surface area contributed by atoms with Gasteiger partial charge in [-0.25, -0.2) is 0 Å². The Labute approximate surface area is 307 Å². The van der Waals surface area contributed by atoms with Crippen molar-refractivity contribution in [3.05, 3.63) is 200 Å². The maximum Gasteiger partial charge on any atom is 0.0640 e. The van der Waals surface area contributed by atoms with Gasteiger partial charge in [-0.05, 0) is 103 Å². The van der Waals surface area contributed by atoms with E-state index in [4.69, 9.17) is 0 Å². The van der Waals surface area contributed by atoms with Crippen LogP contribution in [0, 0.1) is 0 Å². The number of benzene rings is 9. The first-order valence-corrected chi connectivity index (χ1v) is 18.6. The standard InChI is InChI=1S/C50H33NS/c1-2-13-35(14-3-1)47-33-39(31-38-16-5-7-21-44(38)47)37-18-10-19-41(32-37)51(48-25-12-24-46-45-22-8-9-26-49(45)52-50(46)48)40-29-27-36(28-30-40)43-23-11-17-34-15-4-6-20-42(34)43/h1-33H. The second-order valence-electron chi connectivity index (χ2n) is 13.3. The van der Waals surface area contributed by atoms with Crippen LogP contribution < -0.4 is 4.90 Å². The van der Waals surface area contributed by atoms with Crippen LogP contribution in [0.15, 0.2) is 200 Å². The van der Waals surface area contributed by atoms with Crippen LogP contribution in [0.5, 0.6) is 0 Å².